The first kappa shape index (κ1) is 21.5. The minimum absolute atomic E-state index is 0.0246. The van der Waals surface area contributed by atoms with Gasteiger partial charge >= 0.3 is 5.69 Å². The van der Waals surface area contributed by atoms with Crippen molar-refractivity contribution in [2.24, 2.45) is 13.0 Å². The van der Waals surface area contributed by atoms with Crippen molar-refractivity contribution in [1.82, 2.24) is 24.0 Å². The maximum Gasteiger partial charge on any atom is 0.332 e. The maximum absolute atomic E-state index is 13.3. The monoisotopic (exact) mass is 408 g/mol. The summed E-state index contributed by atoms with van der Waals surface area (Å²) in [5.41, 5.74) is 1.23. The lowest BCUT2D eigenvalue weighted by Crippen LogP contribution is -2.39. The van der Waals surface area contributed by atoms with Gasteiger partial charge in [0, 0.05) is 26.1 Å². The van der Waals surface area contributed by atoms with Crippen LogP contribution in [0.25, 0.3) is 11.2 Å². The van der Waals surface area contributed by atoms with Crippen molar-refractivity contribution in [3.05, 3.63) is 62.6 Å². The molecular formula is C22H28N6O2. The van der Waals surface area contributed by atoms with Crippen LogP contribution in [0.1, 0.15) is 37.6 Å². The van der Waals surface area contributed by atoms with E-state index in [1.807, 2.05) is 48.9 Å². The predicted molar refractivity (Wildman–Crippen MR) is 116 cm³/mol. The smallest absolute Gasteiger partial charge is 0.317 e. The molecular weight excluding hydrogens is 380 g/mol. The van der Waals surface area contributed by atoms with Crippen LogP contribution in [-0.2, 0) is 26.7 Å². The van der Waals surface area contributed by atoms with E-state index >= 15 is 0 Å². The SMILES string of the molecule is CNCc1nc2c(c(=O)n(CCCC[C@@H](C)C#N)c(=O)n2C)n1Cc1ccccc1. The standard InChI is InChI=1S/C22H28N6O2/c1-16(13-23)9-7-8-12-27-21(29)19-20(26(3)22(27)30)25-18(14-24-2)28(19)15-17-10-5-4-6-11-17/h4-6,10-11,16,24H,7-9,12,14-15H2,1-3H3/t16-/m1/s1. The van der Waals surface area contributed by atoms with Crippen molar-refractivity contribution in [2.45, 2.75) is 45.8 Å². The Balaban J connectivity index is 2.05. The zero-order valence-electron chi connectivity index (χ0n) is 17.8. The van der Waals surface area contributed by atoms with Crippen molar-refractivity contribution in [1.29, 1.82) is 5.26 Å². The molecule has 0 aliphatic heterocycles. The van der Waals surface area contributed by atoms with E-state index in [0.29, 0.717) is 43.0 Å². The molecule has 0 saturated heterocycles. The minimum atomic E-state index is -0.360. The van der Waals surface area contributed by atoms with E-state index in [9.17, 15) is 9.59 Å². The second-order valence-electron chi connectivity index (χ2n) is 7.63. The molecule has 0 aliphatic rings. The molecule has 8 heteroatoms. The van der Waals surface area contributed by atoms with Crippen LogP contribution in [0.2, 0.25) is 0 Å². The van der Waals surface area contributed by atoms with Gasteiger partial charge in [0.15, 0.2) is 11.2 Å². The predicted octanol–water partition coefficient (Wildman–Crippen LogP) is 1.99. The summed E-state index contributed by atoms with van der Waals surface area (Å²) in [6, 6.07) is 12.1. The van der Waals surface area contributed by atoms with Gasteiger partial charge in [-0.3, -0.25) is 13.9 Å². The minimum Gasteiger partial charge on any atom is -0.317 e. The van der Waals surface area contributed by atoms with Gasteiger partial charge in [0.25, 0.3) is 5.56 Å². The molecule has 0 aliphatic carbocycles. The highest BCUT2D eigenvalue weighted by atomic mass is 16.2. The molecule has 1 atom stereocenters. The van der Waals surface area contributed by atoms with Gasteiger partial charge in [-0.1, -0.05) is 36.8 Å². The fourth-order valence-electron chi connectivity index (χ4n) is 3.63. The van der Waals surface area contributed by atoms with Gasteiger partial charge in [-0.2, -0.15) is 5.26 Å². The first-order chi connectivity index (χ1) is 14.5. The second kappa shape index (κ2) is 9.55. The van der Waals surface area contributed by atoms with Crippen molar-refractivity contribution < 1.29 is 0 Å². The van der Waals surface area contributed by atoms with Crippen molar-refractivity contribution in [3.63, 3.8) is 0 Å². The Morgan fingerprint density at radius 2 is 1.90 bits per heavy atom. The topological polar surface area (TPSA) is 97.6 Å². The van der Waals surface area contributed by atoms with E-state index < -0.39 is 0 Å². The lowest BCUT2D eigenvalue weighted by atomic mass is 10.1. The molecule has 0 unspecified atom stereocenters. The van der Waals surface area contributed by atoms with Crippen LogP contribution in [-0.4, -0.2) is 25.7 Å². The Morgan fingerprint density at radius 1 is 1.17 bits per heavy atom. The quantitative estimate of drug-likeness (QED) is 0.546. The van der Waals surface area contributed by atoms with Crippen molar-refractivity contribution >= 4 is 11.2 Å². The van der Waals surface area contributed by atoms with Crippen LogP contribution < -0.4 is 16.6 Å². The number of aryl methyl sites for hydroxylation is 1. The van der Waals surface area contributed by atoms with Crippen molar-refractivity contribution in [2.75, 3.05) is 7.05 Å². The number of fused-ring (bicyclic) bond motifs is 1. The summed E-state index contributed by atoms with van der Waals surface area (Å²) in [6.45, 7) is 3.20. The lowest BCUT2D eigenvalue weighted by molar-refractivity contribution is 0.515. The molecule has 0 amide bonds. The van der Waals surface area contributed by atoms with Crippen molar-refractivity contribution in [3.8, 4) is 6.07 Å². The zero-order chi connectivity index (χ0) is 21.7. The average Bonchev–Trinajstić information content (AvgIpc) is 3.10. The van der Waals surface area contributed by atoms with Crippen LogP contribution in [0.5, 0.6) is 0 Å². The molecule has 0 bridgehead atoms. The number of unbranched alkanes of at least 4 members (excludes halogenated alkanes) is 1. The summed E-state index contributed by atoms with van der Waals surface area (Å²) in [4.78, 5) is 30.8. The molecule has 2 heterocycles. The number of hydrogen-bond donors (Lipinski definition) is 1. The van der Waals surface area contributed by atoms with Gasteiger partial charge < -0.3 is 9.88 Å². The number of nitrogens with zero attached hydrogens (tertiary/aromatic N) is 5. The van der Waals surface area contributed by atoms with E-state index in [-0.39, 0.29) is 17.2 Å². The highest BCUT2D eigenvalue weighted by Crippen LogP contribution is 2.15. The number of rotatable bonds is 9. The summed E-state index contributed by atoms with van der Waals surface area (Å²) in [6.07, 6.45) is 2.21. The Hall–Kier alpha value is -3.18. The maximum atomic E-state index is 13.3. The van der Waals surface area contributed by atoms with E-state index in [4.69, 9.17) is 5.26 Å². The molecule has 1 aromatic carbocycles. The summed E-state index contributed by atoms with van der Waals surface area (Å²) in [5, 5.41) is 12.0. The third-order valence-corrected chi connectivity index (χ3v) is 5.32. The molecule has 0 radical (unpaired) electrons. The van der Waals surface area contributed by atoms with Gasteiger partial charge in [0.1, 0.15) is 5.82 Å². The van der Waals surface area contributed by atoms with E-state index in [0.717, 1.165) is 18.4 Å². The Labute approximate surface area is 175 Å². The fraction of sp³-hybridized carbons (Fsp3) is 0.455. The molecule has 158 valence electrons. The molecule has 2 aromatic heterocycles. The van der Waals surface area contributed by atoms with Gasteiger partial charge in [0.05, 0.1) is 12.6 Å². The molecule has 3 aromatic rings. The summed E-state index contributed by atoms with van der Waals surface area (Å²) >= 11 is 0. The zero-order valence-corrected chi connectivity index (χ0v) is 17.8. The largest absolute Gasteiger partial charge is 0.332 e. The number of nitriles is 1. The van der Waals surface area contributed by atoms with Gasteiger partial charge in [-0.15, -0.1) is 0 Å². The van der Waals surface area contributed by atoms with E-state index in [2.05, 4.69) is 16.4 Å². The van der Waals surface area contributed by atoms with Gasteiger partial charge in [0.2, 0.25) is 0 Å². The number of nitrogens with one attached hydrogen (secondary N) is 1. The number of hydrogen-bond acceptors (Lipinski definition) is 5. The van der Waals surface area contributed by atoms with Gasteiger partial charge in [-0.05, 0) is 32.4 Å². The highest BCUT2D eigenvalue weighted by molar-refractivity contribution is 5.71. The first-order valence-electron chi connectivity index (χ1n) is 10.2. The molecule has 0 fully saturated rings. The fourth-order valence-corrected chi connectivity index (χ4v) is 3.63. The number of aromatic nitrogens is 4. The summed E-state index contributed by atoms with van der Waals surface area (Å²) < 4.78 is 4.65. The molecule has 0 saturated carbocycles. The lowest BCUT2D eigenvalue weighted by Gasteiger charge is -2.11. The van der Waals surface area contributed by atoms with Crippen LogP contribution >= 0.6 is 0 Å². The number of benzene rings is 1. The van der Waals surface area contributed by atoms with E-state index in [1.54, 1.807) is 7.05 Å². The molecule has 0 spiro atoms. The highest BCUT2D eigenvalue weighted by Gasteiger charge is 2.20. The Kier molecular flexibility index (Phi) is 6.85. The van der Waals surface area contributed by atoms with Crippen LogP contribution in [0, 0.1) is 17.2 Å². The summed E-state index contributed by atoms with van der Waals surface area (Å²) in [7, 11) is 3.48. The number of imidazole rings is 1. The third kappa shape index (κ3) is 4.36. The van der Waals surface area contributed by atoms with Gasteiger partial charge in [-0.25, -0.2) is 9.78 Å². The Bertz CT molecular complexity index is 1170. The molecule has 8 nitrogen and oxygen atoms in total. The normalized spacial score (nSPS) is 12.2. The van der Waals surface area contributed by atoms with E-state index in [1.165, 1.54) is 9.13 Å². The molecule has 30 heavy (non-hydrogen) atoms. The molecule has 3 rings (SSSR count). The average molecular weight is 409 g/mol. The molecule has 1 N–H and O–H groups in total. The second-order valence-corrected chi connectivity index (χ2v) is 7.63. The third-order valence-electron chi connectivity index (χ3n) is 5.32. The van der Waals surface area contributed by atoms with Crippen LogP contribution in [0.3, 0.4) is 0 Å². The van der Waals surface area contributed by atoms with Crippen LogP contribution in [0.4, 0.5) is 0 Å². The first-order valence-corrected chi connectivity index (χ1v) is 10.2. The van der Waals surface area contributed by atoms with Crippen LogP contribution in [0.15, 0.2) is 39.9 Å². The summed E-state index contributed by atoms with van der Waals surface area (Å²) in [5.74, 6) is 0.687. The Morgan fingerprint density at radius 3 is 2.57 bits per heavy atom.